The predicted octanol–water partition coefficient (Wildman–Crippen LogP) is 2.16. The highest BCUT2D eigenvalue weighted by Gasteiger charge is 2.07. The molecule has 0 saturated heterocycles. The van der Waals surface area contributed by atoms with E-state index in [0.29, 0.717) is 18.0 Å². The maximum Gasteiger partial charge on any atom is 0.258 e. The summed E-state index contributed by atoms with van der Waals surface area (Å²) in [4.78, 5) is 16.0. The van der Waals surface area contributed by atoms with Gasteiger partial charge in [-0.3, -0.25) is 4.79 Å². The average molecular weight is 292 g/mol. The van der Waals surface area contributed by atoms with Crippen LogP contribution in [0.2, 0.25) is 0 Å². The lowest BCUT2D eigenvalue weighted by atomic mass is 10.3. The number of para-hydroxylation sites is 2. The van der Waals surface area contributed by atoms with Gasteiger partial charge in [0.2, 0.25) is 0 Å². The smallest absolute Gasteiger partial charge is 0.258 e. The van der Waals surface area contributed by atoms with Gasteiger partial charge in [-0.15, -0.1) is 11.3 Å². The summed E-state index contributed by atoms with van der Waals surface area (Å²) in [5.74, 6) is 0.967. The summed E-state index contributed by atoms with van der Waals surface area (Å²) in [7, 11) is 1.56. The molecular formula is C14H16N2O3S. The van der Waals surface area contributed by atoms with Gasteiger partial charge in [0.25, 0.3) is 5.91 Å². The van der Waals surface area contributed by atoms with Crippen LogP contribution in [0.25, 0.3) is 0 Å². The van der Waals surface area contributed by atoms with E-state index in [4.69, 9.17) is 9.47 Å². The van der Waals surface area contributed by atoms with Crippen LogP contribution in [0.1, 0.15) is 10.7 Å². The van der Waals surface area contributed by atoms with Crippen LogP contribution >= 0.6 is 11.3 Å². The van der Waals surface area contributed by atoms with E-state index >= 15 is 0 Å². The van der Waals surface area contributed by atoms with Crippen molar-refractivity contribution in [2.24, 2.45) is 0 Å². The van der Waals surface area contributed by atoms with Gasteiger partial charge < -0.3 is 14.8 Å². The quantitative estimate of drug-likeness (QED) is 0.886. The normalized spacial score (nSPS) is 10.1. The van der Waals surface area contributed by atoms with Crippen molar-refractivity contribution in [3.63, 3.8) is 0 Å². The Morgan fingerprint density at radius 2 is 2.10 bits per heavy atom. The molecule has 0 aliphatic heterocycles. The van der Waals surface area contributed by atoms with Crippen LogP contribution in [0.3, 0.4) is 0 Å². The molecule has 0 fully saturated rings. The largest absolute Gasteiger partial charge is 0.493 e. The number of carbonyl (C=O) groups is 1. The molecule has 0 unspecified atom stereocenters. The molecule has 1 N–H and O–H groups in total. The van der Waals surface area contributed by atoms with Crippen LogP contribution < -0.4 is 14.8 Å². The van der Waals surface area contributed by atoms with Crippen molar-refractivity contribution in [1.29, 1.82) is 0 Å². The van der Waals surface area contributed by atoms with E-state index < -0.39 is 0 Å². The van der Waals surface area contributed by atoms with E-state index in [9.17, 15) is 4.79 Å². The fourth-order valence-corrected chi connectivity index (χ4v) is 2.30. The standard InChI is InChI=1S/C14H16N2O3S/c1-10-9-20-14(16-10)7-15-13(17)8-19-12-6-4-3-5-11(12)18-2/h3-6,9H,7-8H2,1-2H3,(H,15,17). The minimum Gasteiger partial charge on any atom is -0.493 e. The Morgan fingerprint density at radius 1 is 1.35 bits per heavy atom. The molecular weight excluding hydrogens is 276 g/mol. The average Bonchev–Trinajstić information content (AvgIpc) is 2.89. The molecule has 0 atom stereocenters. The van der Waals surface area contributed by atoms with Crippen LogP contribution in [-0.4, -0.2) is 24.6 Å². The second-order valence-electron chi connectivity index (χ2n) is 4.10. The number of carbonyl (C=O) groups excluding carboxylic acids is 1. The molecule has 0 aliphatic rings. The van der Waals surface area contributed by atoms with E-state index in [1.807, 2.05) is 24.4 Å². The number of rotatable bonds is 6. The Morgan fingerprint density at radius 3 is 2.75 bits per heavy atom. The lowest BCUT2D eigenvalue weighted by Gasteiger charge is -2.09. The summed E-state index contributed by atoms with van der Waals surface area (Å²) in [5, 5.41) is 5.60. The number of benzene rings is 1. The zero-order chi connectivity index (χ0) is 14.4. The molecule has 5 nitrogen and oxygen atoms in total. The number of amides is 1. The summed E-state index contributed by atoms with van der Waals surface area (Å²) in [6.45, 7) is 2.30. The van der Waals surface area contributed by atoms with Gasteiger partial charge in [0.15, 0.2) is 18.1 Å². The molecule has 2 aromatic rings. The zero-order valence-electron chi connectivity index (χ0n) is 11.4. The third-order valence-electron chi connectivity index (χ3n) is 2.53. The van der Waals surface area contributed by atoms with E-state index in [1.54, 1.807) is 19.2 Å². The molecule has 20 heavy (non-hydrogen) atoms. The van der Waals surface area contributed by atoms with Crippen LogP contribution in [-0.2, 0) is 11.3 Å². The Labute approximate surface area is 121 Å². The third-order valence-corrected chi connectivity index (χ3v) is 3.50. The Bertz CT molecular complexity index is 583. The second-order valence-corrected chi connectivity index (χ2v) is 5.04. The first-order valence-electron chi connectivity index (χ1n) is 6.12. The summed E-state index contributed by atoms with van der Waals surface area (Å²) in [5.41, 5.74) is 0.963. The molecule has 1 aromatic carbocycles. The van der Waals surface area contributed by atoms with Gasteiger partial charge in [-0.05, 0) is 19.1 Å². The van der Waals surface area contributed by atoms with Crippen molar-refractivity contribution in [2.75, 3.05) is 13.7 Å². The molecule has 106 valence electrons. The zero-order valence-corrected chi connectivity index (χ0v) is 12.2. The predicted molar refractivity (Wildman–Crippen MR) is 77.2 cm³/mol. The van der Waals surface area contributed by atoms with Crippen molar-refractivity contribution in [1.82, 2.24) is 10.3 Å². The minimum atomic E-state index is -0.191. The second kappa shape index (κ2) is 6.91. The third kappa shape index (κ3) is 3.96. The number of aryl methyl sites for hydroxylation is 1. The maximum absolute atomic E-state index is 11.7. The summed E-state index contributed by atoms with van der Waals surface area (Å²) in [6.07, 6.45) is 0. The highest BCUT2D eigenvalue weighted by molar-refractivity contribution is 7.09. The molecule has 6 heteroatoms. The van der Waals surface area contributed by atoms with Gasteiger partial charge in [-0.1, -0.05) is 12.1 Å². The number of hydrogen-bond acceptors (Lipinski definition) is 5. The van der Waals surface area contributed by atoms with E-state index in [0.717, 1.165) is 10.7 Å². The van der Waals surface area contributed by atoms with Crippen LogP contribution in [0, 0.1) is 6.92 Å². The SMILES string of the molecule is COc1ccccc1OCC(=O)NCc1nc(C)cs1. The van der Waals surface area contributed by atoms with Gasteiger partial charge in [-0.2, -0.15) is 0 Å². The molecule has 1 aromatic heterocycles. The number of nitrogens with one attached hydrogen (secondary N) is 1. The van der Waals surface area contributed by atoms with Crippen molar-refractivity contribution in [2.45, 2.75) is 13.5 Å². The molecule has 1 heterocycles. The minimum absolute atomic E-state index is 0.0509. The monoisotopic (exact) mass is 292 g/mol. The number of nitrogens with zero attached hydrogens (tertiary/aromatic N) is 1. The highest BCUT2D eigenvalue weighted by Crippen LogP contribution is 2.25. The first-order valence-corrected chi connectivity index (χ1v) is 7.00. The van der Waals surface area contributed by atoms with Crippen LogP contribution in [0.5, 0.6) is 11.5 Å². The van der Waals surface area contributed by atoms with Gasteiger partial charge in [0, 0.05) is 11.1 Å². The Hall–Kier alpha value is -2.08. The first-order chi connectivity index (χ1) is 9.69. The fourth-order valence-electron chi connectivity index (χ4n) is 1.59. The number of ether oxygens (including phenoxy) is 2. The van der Waals surface area contributed by atoms with Crippen molar-refractivity contribution in [3.8, 4) is 11.5 Å². The van der Waals surface area contributed by atoms with Crippen LogP contribution in [0.15, 0.2) is 29.6 Å². The number of thiazole rings is 1. The first kappa shape index (κ1) is 14.3. The molecule has 0 aliphatic carbocycles. The molecule has 2 rings (SSSR count). The van der Waals surface area contributed by atoms with Gasteiger partial charge in [0.05, 0.1) is 13.7 Å². The molecule has 0 spiro atoms. The Balaban J connectivity index is 1.80. The van der Waals surface area contributed by atoms with Crippen molar-refractivity contribution >= 4 is 17.2 Å². The van der Waals surface area contributed by atoms with Gasteiger partial charge >= 0.3 is 0 Å². The van der Waals surface area contributed by atoms with Crippen molar-refractivity contribution < 1.29 is 14.3 Å². The number of hydrogen-bond donors (Lipinski definition) is 1. The number of aromatic nitrogens is 1. The topological polar surface area (TPSA) is 60.5 Å². The number of methoxy groups -OCH3 is 1. The fraction of sp³-hybridized carbons (Fsp3) is 0.286. The molecule has 0 radical (unpaired) electrons. The summed E-state index contributed by atoms with van der Waals surface area (Å²) >= 11 is 1.53. The highest BCUT2D eigenvalue weighted by atomic mass is 32.1. The van der Waals surface area contributed by atoms with E-state index in [2.05, 4.69) is 10.3 Å². The van der Waals surface area contributed by atoms with Gasteiger partial charge in [-0.25, -0.2) is 4.98 Å². The summed E-state index contributed by atoms with van der Waals surface area (Å²) in [6, 6.07) is 7.21. The van der Waals surface area contributed by atoms with E-state index in [-0.39, 0.29) is 12.5 Å². The maximum atomic E-state index is 11.7. The lowest BCUT2D eigenvalue weighted by Crippen LogP contribution is -2.28. The van der Waals surface area contributed by atoms with Crippen molar-refractivity contribution in [3.05, 3.63) is 40.3 Å². The van der Waals surface area contributed by atoms with Crippen LogP contribution in [0.4, 0.5) is 0 Å². The summed E-state index contributed by atoms with van der Waals surface area (Å²) < 4.78 is 10.6. The van der Waals surface area contributed by atoms with Gasteiger partial charge in [0.1, 0.15) is 5.01 Å². The molecule has 0 bridgehead atoms. The van der Waals surface area contributed by atoms with E-state index in [1.165, 1.54) is 11.3 Å². The lowest BCUT2D eigenvalue weighted by molar-refractivity contribution is -0.123. The molecule has 1 amide bonds. The Kier molecular flexibility index (Phi) is 4.95. The molecule has 0 saturated carbocycles.